The molecule has 16 heavy (non-hydrogen) atoms. The molecular weight excluding hydrogens is 340 g/mol. The normalized spacial score (nSPS) is 8.88. The number of carbonyl (C=O) groups is 1. The fraction of sp³-hybridized carbons (Fsp3) is 0.182. The van der Waals surface area contributed by atoms with Crippen LogP contribution in [0.25, 0.3) is 0 Å². The Morgan fingerprint density at radius 3 is 2.75 bits per heavy atom. The molecule has 1 rings (SSSR count). The van der Waals surface area contributed by atoms with Gasteiger partial charge in [-0.1, -0.05) is 17.5 Å². The summed E-state index contributed by atoms with van der Waals surface area (Å²) in [6.07, 6.45) is 0. The predicted octanol–water partition coefficient (Wildman–Crippen LogP) is 2.23. The molecule has 0 fully saturated rings. The van der Waals surface area contributed by atoms with Gasteiger partial charge in [-0.15, -0.1) is 0 Å². The minimum atomic E-state index is -0.200. The Balaban J connectivity index is 2.30. The van der Waals surface area contributed by atoms with Gasteiger partial charge in [-0.3, -0.25) is 4.79 Å². The lowest BCUT2D eigenvalue weighted by molar-refractivity contribution is -0.122. The number of hydrogen-bond acceptors (Lipinski definition) is 2. The summed E-state index contributed by atoms with van der Waals surface area (Å²) in [5, 5.41) is 3.23. The molecule has 1 amide bonds. The Kier molecular flexibility index (Phi) is 6.04. The van der Waals surface area contributed by atoms with Gasteiger partial charge in [0.1, 0.15) is 5.75 Å². The third-order valence-corrected chi connectivity index (χ3v) is 2.26. The fourth-order valence-corrected chi connectivity index (χ4v) is 1.22. The van der Waals surface area contributed by atoms with E-state index in [4.69, 9.17) is 16.3 Å². The second-order valence-corrected chi connectivity index (χ2v) is 3.77. The van der Waals surface area contributed by atoms with E-state index in [1.165, 1.54) is 0 Å². The van der Waals surface area contributed by atoms with E-state index < -0.39 is 0 Å². The minimum Gasteiger partial charge on any atom is -0.484 e. The van der Waals surface area contributed by atoms with Gasteiger partial charge >= 0.3 is 0 Å². The lowest BCUT2D eigenvalue weighted by Crippen LogP contribution is -2.29. The molecule has 0 unspecified atom stereocenters. The number of ether oxygens (including phenoxy) is 1. The van der Waals surface area contributed by atoms with Crippen molar-refractivity contribution in [2.24, 2.45) is 0 Å². The van der Waals surface area contributed by atoms with Gasteiger partial charge < -0.3 is 10.1 Å². The maximum atomic E-state index is 11.2. The first-order chi connectivity index (χ1) is 7.72. The Hall–Kier alpha value is -0.930. The van der Waals surface area contributed by atoms with Crippen LogP contribution in [0.3, 0.4) is 0 Å². The molecule has 0 heterocycles. The largest absolute Gasteiger partial charge is 0.484 e. The van der Waals surface area contributed by atoms with Crippen molar-refractivity contribution in [3.05, 3.63) is 29.3 Å². The standard InChI is InChI=1S/C11H9ClINO2/c12-9-2-4-10(5-3-9)16-8-11(15)14-7-1-6-13/h2-5H,7-8H2,(H,14,15). The monoisotopic (exact) mass is 349 g/mol. The number of rotatable bonds is 4. The van der Waals surface area contributed by atoms with Gasteiger partial charge in [0.15, 0.2) is 6.61 Å². The smallest absolute Gasteiger partial charge is 0.258 e. The highest BCUT2D eigenvalue weighted by Gasteiger charge is 2.00. The van der Waals surface area contributed by atoms with Crippen molar-refractivity contribution in [2.75, 3.05) is 13.2 Å². The molecule has 0 saturated heterocycles. The Morgan fingerprint density at radius 1 is 1.44 bits per heavy atom. The van der Waals surface area contributed by atoms with Gasteiger partial charge in [-0.25, -0.2) is 0 Å². The van der Waals surface area contributed by atoms with Crippen molar-refractivity contribution in [3.8, 4) is 15.6 Å². The van der Waals surface area contributed by atoms with Crippen LogP contribution in [0, 0.1) is 9.85 Å². The fourth-order valence-electron chi connectivity index (χ4n) is 0.907. The van der Waals surface area contributed by atoms with Crippen LogP contribution < -0.4 is 10.1 Å². The maximum Gasteiger partial charge on any atom is 0.258 e. The van der Waals surface area contributed by atoms with E-state index in [0.29, 0.717) is 17.3 Å². The van der Waals surface area contributed by atoms with Gasteiger partial charge in [0.2, 0.25) is 0 Å². The van der Waals surface area contributed by atoms with Crippen LogP contribution in [0.4, 0.5) is 0 Å². The third-order valence-electron chi connectivity index (χ3n) is 1.62. The van der Waals surface area contributed by atoms with E-state index in [0.717, 1.165) is 0 Å². The average molecular weight is 350 g/mol. The SMILES string of the molecule is O=C(COc1ccc(Cl)cc1)NCC#CI. The van der Waals surface area contributed by atoms with Gasteiger partial charge in [0.25, 0.3) is 5.91 Å². The first-order valence-electron chi connectivity index (χ1n) is 4.46. The summed E-state index contributed by atoms with van der Waals surface area (Å²) in [6, 6.07) is 6.83. The molecule has 84 valence electrons. The van der Waals surface area contributed by atoms with E-state index >= 15 is 0 Å². The van der Waals surface area contributed by atoms with Gasteiger partial charge in [0.05, 0.1) is 6.54 Å². The van der Waals surface area contributed by atoms with Crippen LogP contribution in [0.1, 0.15) is 0 Å². The molecule has 1 aromatic carbocycles. The summed E-state index contributed by atoms with van der Waals surface area (Å²) in [5.74, 6) is 3.13. The second kappa shape index (κ2) is 7.36. The number of halogens is 2. The summed E-state index contributed by atoms with van der Waals surface area (Å²) < 4.78 is 7.89. The summed E-state index contributed by atoms with van der Waals surface area (Å²) in [4.78, 5) is 11.2. The van der Waals surface area contributed by atoms with E-state index in [-0.39, 0.29) is 12.5 Å². The van der Waals surface area contributed by atoms with Crippen molar-refractivity contribution >= 4 is 40.1 Å². The minimum absolute atomic E-state index is 0.0233. The molecule has 0 bridgehead atoms. The molecular formula is C11H9ClINO2. The molecule has 0 saturated carbocycles. The molecule has 1 aromatic rings. The quantitative estimate of drug-likeness (QED) is 0.669. The maximum absolute atomic E-state index is 11.2. The first-order valence-corrected chi connectivity index (χ1v) is 5.91. The van der Waals surface area contributed by atoms with Crippen LogP contribution in [0.2, 0.25) is 5.02 Å². The number of hydrogen-bond donors (Lipinski definition) is 1. The first kappa shape index (κ1) is 13.1. The Bertz CT molecular complexity index is 408. The molecule has 1 N–H and O–H groups in total. The van der Waals surface area contributed by atoms with Crippen LogP contribution in [-0.2, 0) is 4.79 Å². The molecule has 5 heteroatoms. The molecule has 0 aromatic heterocycles. The molecule has 3 nitrogen and oxygen atoms in total. The lowest BCUT2D eigenvalue weighted by atomic mass is 10.3. The molecule has 0 atom stereocenters. The Labute approximate surface area is 113 Å². The molecule has 0 aliphatic heterocycles. The average Bonchev–Trinajstić information content (AvgIpc) is 2.29. The second-order valence-electron chi connectivity index (χ2n) is 2.79. The van der Waals surface area contributed by atoms with E-state index in [9.17, 15) is 4.79 Å². The van der Waals surface area contributed by atoms with Crippen LogP contribution >= 0.6 is 34.2 Å². The topological polar surface area (TPSA) is 38.3 Å². The summed E-state index contributed by atoms with van der Waals surface area (Å²) >= 11 is 7.62. The highest BCUT2D eigenvalue weighted by molar-refractivity contribution is 14.1. The van der Waals surface area contributed by atoms with Gasteiger partial charge in [-0.05, 0) is 28.2 Å². The van der Waals surface area contributed by atoms with Crippen molar-refractivity contribution in [1.82, 2.24) is 5.32 Å². The zero-order valence-electron chi connectivity index (χ0n) is 8.30. The number of amides is 1. The Morgan fingerprint density at radius 2 is 2.12 bits per heavy atom. The van der Waals surface area contributed by atoms with Crippen LogP contribution in [0.5, 0.6) is 5.75 Å². The summed E-state index contributed by atoms with van der Waals surface area (Å²) in [5.41, 5.74) is 0. The van der Waals surface area contributed by atoms with E-state index in [1.807, 2.05) is 22.6 Å². The molecule has 0 radical (unpaired) electrons. The van der Waals surface area contributed by atoms with Crippen LogP contribution in [0.15, 0.2) is 24.3 Å². The molecule has 0 spiro atoms. The number of carbonyl (C=O) groups excluding carboxylic acids is 1. The lowest BCUT2D eigenvalue weighted by Gasteiger charge is -2.05. The van der Waals surface area contributed by atoms with Gasteiger partial charge in [0, 0.05) is 27.6 Å². The van der Waals surface area contributed by atoms with E-state index in [2.05, 4.69) is 15.2 Å². The highest BCUT2D eigenvalue weighted by Crippen LogP contribution is 2.15. The van der Waals surface area contributed by atoms with Crippen molar-refractivity contribution < 1.29 is 9.53 Å². The summed E-state index contributed by atoms with van der Waals surface area (Å²) in [7, 11) is 0. The number of nitrogens with one attached hydrogen (secondary N) is 1. The number of benzene rings is 1. The van der Waals surface area contributed by atoms with Crippen molar-refractivity contribution in [1.29, 1.82) is 0 Å². The zero-order valence-corrected chi connectivity index (χ0v) is 11.2. The zero-order chi connectivity index (χ0) is 11.8. The molecule has 0 aliphatic carbocycles. The summed E-state index contributed by atoms with van der Waals surface area (Å²) in [6.45, 7) is 0.316. The van der Waals surface area contributed by atoms with Crippen molar-refractivity contribution in [2.45, 2.75) is 0 Å². The van der Waals surface area contributed by atoms with Crippen LogP contribution in [-0.4, -0.2) is 19.1 Å². The van der Waals surface area contributed by atoms with E-state index in [1.54, 1.807) is 24.3 Å². The van der Waals surface area contributed by atoms with Crippen molar-refractivity contribution in [3.63, 3.8) is 0 Å². The predicted molar refractivity (Wildman–Crippen MR) is 71.8 cm³/mol. The van der Waals surface area contributed by atoms with Gasteiger partial charge in [-0.2, -0.15) is 0 Å². The molecule has 0 aliphatic rings. The third kappa shape index (κ3) is 5.24. The highest BCUT2D eigenvalue weighted by atomic mass is 127.